The van der Waals surface area contributed by atoms with Crippen LogP contribution in [0.2, 0.25) is 0 Å². The highest BCUT2D eigenvalue weighted by atomic mass is 19.4. The summed E-state index contributed by atoms with van der Waals surface area (Å²) in [7, 11) is 4.91. The van der Waals surface area contributed by atoms with Crippen molar-refractivity contribution in [2.24, 2.45) is 0 Å². The quantitative estimate of drug-likeness (QED) is 0.568. The zero-order valence-electron chi connectivity index (χ0n) is 18.2. The number of alkyl halides is 3. The molecule has 0 saturated heterocycles. The molecular weight excluding hydrogens is 421 g/mol. The van der Waals surface area contributed by atoms with Crippen LogP contribution in [0.1, 0.15) is 38.8 Å². The largest absolute Gasteiger partial charge is 0.428 e. The van der Waals surface area contributed by atoms with Gasteiger partial charge in [0.25, 0.3) is 5.91 Å². The summed E-state index contributed by atoms with van der Waals surface area (Å²) >= 11 is 0. The molecule has 0 aromatic heterocycles. The van der Waals surface area contributed by atoms with Gasteiger partial charge in [-0.25, -0.2) is 0 Å². The van der Waals surface area contributed by atoms with E-state index >= 15 is 0 Å². The maximum atomic E-state index is 12.7. The summed E-state index contributed by atoms with van der Waals surface area (Å²) in [6, 6.07) is 12.8. The summed E-state index contributed by atoms with van der Waals surface area (Å²) in [5.41, 5.74) is 4.70. The monoisotopic (exact) mass is 448 g/mol. The number of nitrogens with one attached hydrogen (secondary N) is 2. The molecule has 172 valence electrons. The topological polar surface area (TPSA) is 67.8 Å². The maximum Gasteiger partial charge on any atom is 0.428 e. The van der Waals surface area contributed by atoms with Crippen LogP contribution in [0.15, 0.2) is 49.0 Å². The Bertz CT molecular complexity index is 1010. The van der Waals surface area contributed by atoms with E-state index in [4.69, 9.17) is 0 Å². The second-order valence-electron chi connectivity index (χ2n) is 7.95. The Morgan fingerprint density at radius 3 is 2.59 bits per heavy atom. The molecule has 1 amide bonds. The van der Waals surface area contributed by atoms with Crippen molar-refractivity contribution in [1.29, 1.82) is 0 Å². The third-order valence-corrected chi connectivity index (χ3v) is 5.40. The Morgan fingerprint density at radius 2 is 1.97 bits per heavy atom. The van der Waals surface area contributed by atoms with E-state index in [0.29, 0.717) is 24.2 Å². The van der Waals surface area contributed by atoms with E-state index in [1.807, 2.05) is 24.3 Å². The van der Waals surface area contributed by atoms with Crippen LogP contribution >= 0.6 is 0 Å². The van der Waals surface area contributed by atoms with E-state index < -0.39 is 18.6 Å². The number of hydrogen-bond donors (Lipinski definition) is 3. The van der Waals surface area contributed by atoms with Crippen molar-refractivity contribution in [2.45, 2.75) is 31.7 Å². The molecular formula is C23H27F3N4O2. The van der Waals surface area contributed by atoms with E-state index in [1.165, 1.54) is 11.9 Å². The molecule has 0 fully saturated rings. The molecule has 3 rings (SSSR count). The van der Waals surface area contributed by atoms with Crippen LogP contribution in [0.4, 0.5) is 13.2 Å². The molecule has 9 heteroatoms. The average molecular weight is 448 g/mol. The van der Waals surface area contributed by atoms with Crippen molar-refractivity contribution in [1.82, 2.24) is 20.4 Å². The van der Waals surface area contributed by atoms with Gasteiger partial charge in [0.1, 0.15) is 0 Å². The number of benzene rings is 2. The predicted octanol–water partition coefficient (Wildman–Crippen LogP) is 3.06. The number of halogens is 3. The number of aliphatic hydroxyl groups excluding tert-OH is 1. The Labute approximate surface area is 185 Å². The maximum absolute atomic E-state index is 12.7. The zero-order chi connectivity index (χ0) is 23.6. The molecule has 1 aliphatic heterocycles. The molecule has 6 nitrogen and oxygen atoms in total. The van der Waals surface area contributed by atoms with Crippen LogP contribution in [0.3, 0.4) is 0 Å². The number of amides is 1. The second kappa shape index (κ2) is 9.32. The fourth-order valence-corrected chi connectivity index (χ4v) is 3.68. The second-order valence-corrected chi connectivity index (χ2v) is 7.95. The van der Waals surface area contributed by atoms with E-state index in [-0.39, 0.29) is 5.91 Å². The molecule has 0 aliphatic carbocycles. The van der Waals surface area contributed by atoms with Gasteiger partial charge in [0.2, 0.25) is 6.23 Å². The molecule has 2 unspecified atom stereocenters. The van der Waals surface area contributed by atoms with Crippen molar-refractivity contribution in [3.05, 3.63) is 76.9 Å². The molecule has 1 aliphatic rings. The van der Waals surface area contributed by atoms with Crippen LogP contribution < -0.4 is 10.6 Å². The van der Waals surface area contributed by atoms with Gasteiger partial charge in [-0.3, -0.25) is 10.1 Å². The Balaban J connectivity index is 1.76. The van der Waals surface area contributed by atoms with Crippen molar-refractivity contribution in [3.8, 4) is 0 Å². The van der Waals surface area contributed by atoms with Gasteiger partial charge in [-0.2, -0.15) is 13.2 Å². The van der Waals surface area contributed by atoms with E-state index in [2.05, 4.69) is 22.1 Å². The first-order chi connectivity index (χ1) is 15.0. The van der Waals surface area contributed by atoms with Crippen LogP contribution in [-0.2, 0) is 13.1 Å². The van der Waals surface area contributed by atoms with Crippen LogP contribution in [0, 0.1) is 0 Å². The van der Waals surface area contributed by atoms with Gasteiger partial charge in [0.15, 0.2) is 0 Å². The van der Waals surface area contributed by atoms with Crippen molar-refractivity contribution in [2.75, 3.05) is 21.1 Å². The number of carbonyl (C=O) groups excluding carboxylic acids is 1. The Kier molecular flexibility index (Phi) is 6.92. The SMILES string of the molecule is C=C1c2cc(C(NC)NC(O)C(F)(F)F)ccc2CN1Cc1cccc(C(=O)N(C)C)c1. The molecule has 3 N–H and O–H groups in total. The van der Waals surface area contributed by atoms with Crippen molar-refractivity contribution >= 4 is 11.6 Å². The Morgan fingerprint density at radius 1 is 1.25 bits per heavy atom. The van der Waals surface area contributed by atoms with Gasteiger partial charge in [-0.05, 0) is 41.9 Å². The van der Waals surface area contributed by atoms with Crippen LogP contribution in [0.5, 0.6) is 0 Å². The summed E-state index contributed by atoms with van der Waals surface area (Å²) in [5.74, 6) is -0.0771. The first-order valence-electron chi connectivity index (χ1n) is 10.1. The summed E-state index contributed by atoms with van der Waals surface area (Å²) < 4.78 is 38.2. The average Bonchev–Trinajstić information content (AvgIpc) is 3.05. The van der Waals surface area contributed by atoms with Gasteiger partial charge in [-0.15, -0.1) is 0 Å². The van der Waals surface area contributed by atoms with Gasteiger partial charge in [-0.1, -0.05) is 30.8 Å². The number of carbonyl (C=O) groups is 1. The molecule has 32 heavy (non-hydrogen) atoms. The minimum Gasteiger partial charge on any atom is -0.370 e. The highest BCUT2D eigenvalue weighted by molar-refractivity contribution is 5.94. The van der Waals surface area contributed by atoms with Gasteiger partial charge in [0.05, 0.1) is 6.17 Å². The lowest BCUT2D eigenvalue weighted by atomic mass is 10.0. The lowest BCUT2D eigenvalue weighted by Gasteiger charge is -2.24. The van der Waals surface area contributed by atoms with Crippen molar-refractivity contribution < 1.29 is 23.1 Å². The normalized spacial score (nSPS) is 15.5. The molecule has 0 spiro atoms. The third kappa shape index (κ3) is 5.12. The summed E-state index contributed by atoms with van der Waals surface area (Å²) in [5, 5.41) is 14.3. The lowest BCUT2D eigenvalue weighted by molar-refractivity contribution is -0.216. The van der Waals surface area contributed by atoms with Gasteiger partial charge >= 0.3 is 6.18 Å². The number of hydrogen-bond acceptors (Lipinski definition) is 5. The highest BCUT2D eigenvalue weighted by Crippen LogP contribution is 2.34. The zero-order valence-corrected chi connectivity index (χ0v) is 18.2. The first kappa shape index (κ1) is 23.8. The fraction of sp³-hybridized carbons (Fsp3) is 0.348. The highest BCUT2D eigenvalue weighted by Gasteiger charge is 2.39. The van der Waals surface area contributed by atoms with Crippen molar-refractivity contribution in [3.63, 3.8) is 0 Å². The minimum absolute atomic E-state index is 0.0771. The molecule has 1 heterocycles. The smallest absolute Gasteiger partial charge is 0.370 e. The summed E-state index contributed by atoms with van der Waals surface area (Å²) in [6.45, 7) is 5.31. The number of rotatable bonds is 7. The molecule has 2 aromatic rings. The Hall–Kier alpha value is -2.88. The van der Waals surface area contributed by atoms with Crippen LogP contribution in [-0.4, -0.2) is 54.4 Å². The molecule has 2 atom stereocenters. The van der Waals surface area contributed by atoms with Gasteiger partial charge < -0.3 is 20.2 Å². The molecule has 0 saturated carbocycles. The standard InChI is InChI=1S/C23H27F3N4O2/c1-14-19-11-16(20(27-2)28-22(32)23(24,25)26)8-9-18(19)13-30(14)12-15-6-5-7-17(10-15)21(31)29(3)4/h5-11,20,22,27-28,32H,1,12-13H2,2-4H3. The lowest BCUT2D eigenvalue weighted by Crippen LogP contribution is -2.47. The number of nitrogens with zero attached hydrogens (tertiary/aromatic N) is 2. The first-order valence-corrected chi connectivity index (χ1v) is 10.1. The molecule has 2 aromatic carbocycles. The number of aliphatic hydroxyl groups is 1. The molecule has 0 radical (unpaired) electrons. The predicted molar refractivity (Wildman–Crippen MR) is 116 cm³/mol. The molecule has 0 bridgehead atoms. The summed E-state index contributed by atoms with van der Waals surface area (Å²) in [4.78, 5) is 15.8. The third-order valence-electron chi connectivity index (χ3n) is 5.40. The van der Waals surface area contributed by atoms with Crippen LogP contribution in [0.25, 0.3) is 5.70 Å². The minimum atomic E-state index is -4.77. The fourth-order valence-electron chi connectivity index (χ4n) is 3.68. The number of fused-ring (bicyclic) bond motifs is 1. The van der Waals surface area contributed by atoms with E-state index in [0.717, 1.165) is 22.4 Å². The van der Waals surface area contributed by atoms with E-state index in [1.54, 1.807) is 32.3 Å². The van der Waals surface area contributed by atoms with E-state index in [9.17, 15) is 23.1 Å². The summed E-state index contributed by atoms with van der Waals surface area (Å²) in [6.07, 6.45) is -8.31. The van der Waals surface area contributed by atoms with Gasteiger partial charge in [0, 0.05) is 44.0 Å².